The maximum Gasteiger partial charge on any atom is 0.319 e. The molecule has 2 atom stereocenters. The van der Waals surface area contributed by atoms with Crippen LogP contribution in [0.15, 0.2) is 0 Å². The molecule has 0 aromatic rings. The zero-order valence-electron chi connectivity index (χ0n) is 22.9. The van der Waals surface area contributed by atoms with Gasteiger partial charge in [-0.2, -0.15) is 0 Å². The van der Waals surface area contributed by atoms with E-state index in [0.29, 0.717) is 13.2 Å². The second-order valence-corrected chi connectivity index (χ2v) is 12.6. The summed E-state index contributed by atoms with van der Waals surface area (Å²) in [5, 5.41) is 0. The number of ether oxygens (including phenoxy) is 2. The van der Waals surface area contributed by atoms with Crippen molar-refractivity contribution in [1.82, 2.24) is 0 Å². The van der Waals surface area contributed by atoms with E-state index in [9.17, 15) is 9.59 Å². The van der Waals surface area contributed by atoms with Gasteiger partial charge in [-0.25, -0.2) is 0 Å². The summed E-state index contributed by atoms with van der Waals surface area (Å²) in [5.74, 6) is -0.461. The molecule has 5 nitrogen and oxygen atoms in total. The number of hydrogen-bond acceptors (Lipinski definition) is 4. The number of quaternary nitrogens is 1. The fourth-order valence-electron chi connectivity index (χ4n) is 4.12. The molecule has 35 heavy (non-hydrogen) atoms. The number of carbonyl (C=O) groups is 2. The molecule has 0 bridgehead atoms. The van der Waals surface area contributed by atoms with Crippen molar-refractivity contribution in [1.29, 1.82) is 0 Å². The van der Waals surface area contributed by atoms with Crippen LogP contribution in [0.25, 0.3) is 0 Å². The number of alkyl halides is 2. The summed E-state index contributed by atoms with van der Waals surface area (Å²) >= 11 is 6.48. The monoisotopic (exact) mass is 626 g/mol. The normalized spacial score (nSPS) is 13.9. The lowest BCUT2D eigenvalue weighted by Gasteiger charge is -2.20. The first-order valence-electron chi connectivity index (χ1n) is 14.3. The van der Waals surface area contributed by atoms with Gasteiger partial charge in [0.25, 0.3) is 0 Å². The molecule has 0 rings (SSSR count). The van der Waals surface area contributed by atoms with Gasteiger partial charge in [0.15, 0.2) is 0 Å². The van der Waals surface area contributed by atoms with Crippen LogP contribution in [-0.2, 0) is 19.1 Å². The van der Waals surface area contributed by atoms with Gasteiger partial charge in [0.2, 0.25) is 0 Å². The summed E-state index contributed by atoms with van der Waals surface area (Å²) in [6.45, 7) is 9.10. The molecule has 0 amide bonds. The van der Waals surface area contributed by atoms with E-state index < -0.39 is 0 Å². The Balaban J connectivity index is 3.79. The summed E-state index contributed by atoms with van der Waals surface area (Å²) in [6.07, 6.45) is 21.8. The predicted octanol–water partition coefficient (Wildman–Crippen LogP) is 6.79. The number of carbonyl (C=O) groups excluding carboxylic acids is 2. The Morgan fingerprint density at radius 1 is 0.571 bits per heavy atom. The first-order chi connectivity index (χ1) is 16.9. The molecule has 7 heteroatoms. The van der Waals surface area contributed by atoms with Crippen LogP contribution in [-0.4, -0.2) is 54.4 Å². The standard InChI is InChI=1S/C28H53Br2NO4/c1-4-5-6-7-8-9-10-11-12-13-14-15-16-17-18-19-20-31(21-23-34-27(32)25(2)29)22-24-35-28(33)26(3)30/h25-26H,4-24H2,1-3H3/p+1. The molecule has 0 aliphatic heterocycles. The molecule has 1 N–H and O–H groups in total. The Kier molecular flexibility index (Phi) is 25.4. The zero-order valence-corrected chi connectivity index (χ0v) is 26.1. The topological polar surface area (TPSA) is 57.0 Å². The Hall–Kier alpha value is -0.140. The molecule has 2 unspecified atom stereocenters. The highest BCUT2D eigenvalue weighted by atomic mass is 79.9. The van der Waals surface area contributed by atoms with Gasteiger partial charge in [0.1, 0.15) is 36.0 Å². The third-order valence-electron chi connectivity index (χ3n) is 6.43. The van der Waals surface area contributed by atoms with Crippen LogP contribution in [0, 0.1) is 0 Å². The van der Waals surface area contributed by atoms with Crippen LogP contribution in [0.3, 0.4) is 0 Å². The van der Waals surface area contributed by atoms with Gasteiger partial charge in [-0.05, 0) is 26.7 Å². The highest BCUT2D eigenvalue weighted by Crippen LogP contribution is 2.13. The Bertz CT molecular complexity index is 477. The largest absolute Gasteiger partial charge is 0.459 e. The molecule has 0 radical (unpaired) electrons. The minimum atomic E-state index is -0.285. The van der Waals surface area contributed by atoms with Crippen LogP contribution in [0.4, 0.5) is 0 Å². The van der Waals surface area contributed by atoms with Crippen LogP contribution in [0.5, 0.6) is 0 Å². The van der Waals surface area contributed by atoms with Crippen LogP contribution in [0.1, 0.15) is 124 Å². The zero-order chi connectivity index (χ0) is 26.2. The lowest BCUT2D eigenvalue weighted by Crippen LogP contribution is -3.13. The Morgan fingerprint density at radius 3 is 1.20 bits per heavy atom. The van der Waals surface area contributed by atoms with E-state index in [1.165, 1.54) is 101 Å². The van der Waals surface area contributed by atoms with E-state index in [4.69, 9.17) is 9.47 Å². The quantitative estimate of drug-likeness (QED) is 0.0688. The number of halogens is 2. The molecular formula is C28H54Br2NO4+. The minimum absolute atomic E-state index is 0.230. The minimum Gasteiger partial charge on any atom is -0.459 e. The molecule has 0 aromatic carbocycles. The third kappa shape index (κ3) is 24.0. The molecule has 0 heterocycles. The number of unbranched alkanes of at least 4 members (excludes halogenated alkanes) is 15. The van der Waals surface area contributed by atoms with Gasteiger partial charge < -0.3 is 14.4 Å². The molecule has 0 aromatic heterocycles. The van der Waals surface area contributed by atoms with Gasteiger partial charge >= 0.3 is 11.9 Å². The molecule has 208 valence electrons. The SMILES string of the molecule is CCCCCCCCCCCCCCCCCC[NH+](CCOC(=O)C(C)Br)CCOC(=O)C(C)Br. The lowest BCUT2D eigenvalue weighted by molar-refractivity contribution is -0.900. The summed E-state index contributed by atoms with van der Waals surface area (Å²) in [5.41, 5.74) is 0. The number of nitrogens with one attached hydrogen (secondary N) is 1. The van der Waals surface area contributed by atoms with Crippen molar-refractivity contribution in [3.05, 3.63) is 0 Å². The predicted molar refractivity (Wildman–Crippen MR) is 154 cm³/mol. The average Bonchev–Trinajstić information content (AvgIpc) is 2.82. The van der Waals surface area contributed by atoms with Gasteiger partial charge in [-0.1, -0.05) is 129 Å². The van der Waals surface area contributed by atoms with Gasteiger partial charge in [0.05, 0.1) is 6.54 Å². The maximum atomic E-state index is 11.7. The fraction of sp³-hybridized carbons (Fsp3) is 0.929. The molecular weight excluding hydrogens is 574 g/mol. The molecule has 0 saturated heterocycles. The van der Waals surface area contributed by atoms with E-state index in [0.717, 1.165) is 26.1 Å². The summed E-state index contributed by atoms with van der Waals surface area (Å²) in [6, 6.07) is 0. The van der Waals surface area contributed by atoms with Crippen molar-refractivity contribution < 1.29 is 24.0 Å². The van der Waals surface area contributed by atoms with Crippen molar-refractivity contribution >= 4 is 43.8 Å². The number of rotatable bonds is 25. The van der Waals surface area contributed by atoms with Crippen molar-refractivity contribution in [3.8, 4) is 0 Å². The highest BCUT2D eigenvalue weighted by molar-refractivity contribution is 9.10. The van der Waals surface area contributed by atoms with Crippen LogP contribution >= 0.6 is 31.9 Å². The lowest BCUT2D eigenvalue weighted by atomic mass is 10.0. The fourth-order valence-corrected chi connectivity index (χ4v) is 4.38. The first-order valence-corrected chi connectivity index (χ1v) is 16.2. The van der Waals surface area contributed by atoms with Crippen molar-refractivity contribution in [2.45, 2.75) is 133 Å². The van der Waals surface area contributed by atoms with E-state index in [1.54, 1.807) is 13.8 Å². The molecule has 0 aliphatic rings. The Labute approximate surface area is 233 Å². The average molecular weight is 629 g/mol. The summed E-state index contributed by atoms with van der Waals surface area (Å²) < 4.78 is 10.6. The summed E-state index contributed by atoms with van der Waals surface area (Å²) in [4.78, 5) is 24.1. The van der Waals surface area contributed by atoms with E-state index in [1.807, 2.05) is 0 Å². The van der Waals surface area contributed by atoms with Crippen LogP contribution < -0.4 is 4.90 Å². The van der Waals surface area contributed by atoms with Crippen molar-refractivity contribution in [3.63, 3.8) is 0 Å². The van der Waals surface area contributed by atoms with E-state index >= 15 is 0 Å². The number of hydrogen-bond donors (Lipinski definition) is 1. The first kappa shape index (κ1) is 34.9. The van der Waals surface area contributed by atoms with E-state index in [2.05, 4.69) is 38.8 Å². The van der Waals surface area contributed by atoms with Gasteiger partial charge in [-0.15, -0.1) is 0 Å². The molecule has 0 fully saturated rings. The molecule has 0 spiro atoms. The highest BCUT2D eigenvalue weighted by Gasteiger charge is 2.15. The molecule has 0 aliphatic carbocycles. The van der Waals surface area contributed by atoms with Crippen molar-refractivity contribution in [2.75, 3.05) is 32.8 Å². The smallest absolute Gasteiger partial charge is 0.319 e. The van der Waals surface area contributed by atoms with Crippen LogP contribution in [0.2, 0.25) is 0 Å². The number of esters is 2. The third-order valence-corrected chi connectivity index (χ3v) is 7.18. The van der Waals surface area contributed by atoms with E-state index in [-0.39, 0.29) is 21.6 Å². The van der Waals surface area contributed by atoms with Crippen molar-refractivity contribution in [2.24, 2.45) is 0 Å². The Morgan fingerprint density at radius 2 is 0.886 bits per heavy atom. The van der Waals surface area contributed by atoms with Gasteiger partial charge in [-0.3, -0.25) is 9.59 Å². The summed E-state index contributed by atoms with van der Waals surface area (Å²) in [7, 11) is 0. The second kappa shape index (κ2) is 25.5. The second-order valence-electron chi connectivity index (χ2n) is 9.87. The van der Waals surface area contributed by atoms with Gasteiger partial charge in [0, 0.05) is 0 Å². The maximum absolute atomic E-state index is 11.7. The molecule has 0 saturated carbocycles.